The number of piperazine rings is 1. The summed E-state index contributed by atoms with van der Waals surface area (Å²) in [6.45, 7) is 5.37. The van der Waals surface area contributed by atoms with Gasteiger partial charge in [-0.05, 0) is 49.2 Å². The fraction of sp³-hybridized carbons (Fsp3) is 0.409. The summed E-state index contributed by atoms with van der Waals surface area (Å²) in [7, 11) is 1.68. The number of nitrogens with one attached hydrogen (secondary N) is 1. The highest BCUT2D eigenvalue weighted by atomic mass is 16.5. The van der Waals surface area contributed by atoms with Crippen LogP contribution in [0.5, 0.6) is 5.75 Å². The van der Waals surface area contributed by atoms with Gasteiger partial charge in [-0.3, -0.25) is 4.79 Å². The van der Waals surface area contributed by atoms with Crippen molar-refractivity contribution in [1.82, 2.24) is 5.32 Å². The molecule has 2 atom stereocenters. The molecule has 5 heteroatoms. The van der Waals surface area contributed by atoms with Crippen LogP contribution >= 0.6 is 0 Å². The van der Waals surface area contributed by atoms with Crippen molar-refractivity contribution in [1.29, 1.82) is 0 Å². The first kappa shape index (κ1) is 17.7. The Bertz CT molecular complexity index is 805. The molecule has 2 heterocycles. The van der Waals surface area contributed by atoms with Crippen molar-refractivity contribution in [3.8, 4) is 5.75 Å². The first-order valence-electron chi connectivity index (χ1n) is 9.72. The highest BCUT2D eigenvalue weighted by Gasteiger charge is 2.41. The molecule has 1 fully saturated rings. The fourth-order valence-electron chi connectivity index (χ4n) is 4.39. The summed E-state index contributed by atoms with van der Waals surface area (Å²) in [5.41, 5.74) is 3.75. The van der Waals surface area contributed by atoms with Crippen molar-refractivity contribution < 1.29 is 9.53 Å². The van der Waals surface area contributed by atoms with Gasteiger partial charge in [0.15, 0.2) is 0 Å². The van der Waals surface area contributed by atoms with Crippen LogP contribution in [0.3, 0.4) is 0 Å². The minimum absolute atomic E-state index is 0.0269. The average Bonchev–Trinajstić information content (AvgIpc) is 2.73. The SMILES string of the molecule is CCNC(=O)[C@H]1Cc2ccccc2N2CCN(c3ccc(OC)cc3)C[C@@H]12. The van der Waals surface area contributed by atoms with E-state index in [0.717, 1.165) is 31.8 Å². The number of nitrogens with zero attached hydrogens (tertiary/aromatic N) is 2. The lowest BCUT2D eigenvalue weighted by atomic mass is 9.83. The maximum atomic E-state index is 12.8. The number of benzene rings is 2. The second kappa shape index (κ2) is 7.51. The van der Waals surface area contributed by atoms with Crippen LogP contribution in [0.2, 0.25) is 0 Å². The molecule has 0 aliphatic carbocycles. The number of methoxy groups -OCH3 is 1. The Morgan fingerprint density at radius 2 is 1.93 bits per heavy atom. The van der Waals surface area contributed by atoms with Gasteiger partial charge in [-0.2, -0.15) is 0 Å². The van der Waals surface area contributed by atoms with Crippen LogP contribution in [-0.2, 0) is 11.2 Å². The maximum Gasteiger partial charge on any atom is 0.225 e. The van der Waals surface area contributed by atoms with E-state index in [-0.39, 0.29) is 17.9 Å². The monoisotopic (exact) mass is 365 g/mol. The minimum atomic E-state index is -0.0269. The Labute approximate surface area is 160 Å². The molecule has 0 radical (unpaired) electrons. The van der Waals surface area contributed by atoms with Crippen LogP contribution in [0, 0.1) is 5.92 Å². The van der Waals surface area contributed by atoms with E-state index in [0.29, 0.717) is 6.54 Å². The van der Waals surface area contributed by atoms with E-state index in [9.17, 15) is 4.79 Å². The molecule has 4 rings (SSSR count). The number of para-hydroxylation sites is 1. The maximum absolute atomic E-state index is 12.8. The zero-order valence-corrected chi connectivity index (χ0v) is 16.0. The number of ether oxygens (including phenoxy) is 1. The Morgan fingerprint density at radius 3 is 2.67 bits per heavy atom. The topological polar surface area (TPSA) is 44.8 Å². The predicted molar refractivity (Wildman–Crippen MR) is 109 cm³/mol. The van der Waals surface area contributed by atoms with Crippen LogP contribution in [0.1, 0.15) is 12.5 Å². The van der Waals surface area contributed by atoms with Gasteiger partial charge < -0.3 is 19.9 Å². The highest BCUT2D eigenvalue weighted by molar-refractivity contribution is 5.82. The second-order valence-corrected chi connectivity index (χ2v) is 7.24. The Morgan fingerprint density at radius 1 is 1.15 bits per heavy atom. The molecule has 1 N–H and O–H groups in total. The molecule has 0 bridgehead atoms. The van der Waals surface area contributed by atoms with E-state index in [4.69, 9.17) is 4.74 Å². The molecule has 0 spiro atoms. The summed E-state index contributed by atoms with van der Waals surface area (Å²) in [5, 5.41) is 3.05. The van der Waals surface area contributed by atoms with Crippen molar-refractivity contribution in [2.45, 2.75) is 19.4 Å². The van der Waals surface area contributed by atoms with Crippen molar-refractivity contribution >= 4 is 17.3 Å². The van der Waals surface area contributed by atoms with Gasteiger partial charge in [-0.15, -0.1) is 0 Å². The van der Waals surface area contributed by atoms with E-state index in [1.807, 2.05) is 19.1 Å². The largest absolute Gasteiger partial charge is 0.497 e. The number of carbonyl (C=O) groups is 1. The Kier molecular flexibility index (Phi) is 4.92. The zero-order chi connectivity index (χ0) is 18.8. The lowest BCUT2D eigenvalue weighted by molar-refractivity contribution is -0.125. The molecule has 27 heavy (non-hydrogen) atoms. The normalized spacial score (nSPS) is 21.3. The zero-order valence-electron chi connectivity index (χ0n) is 16.0. The third-order valence-electron chi connectivity index (χ3n) is 5.75. The highest BCUT2D eigenvalue weighted by Crippen LogP contribution is 2.37. The van der Waals surface area contributed by atoms with Crippen molar-refractivity contribution in [3.63, 3.8) is 0 Å². The first-order chi connectivity index (χ1) is 13.2. The van der Waals surface area contributed by atoms with E-state index in [2.05, 4.69) is 51.5 Å². The van der Waals surface area contributed by atoms with Crippen molar-refractivity contribution in [2.75, 3.05) is 43.1 Å². The molecule has 2 aromatic rings. The molecule has 5 nitrogen and oxygen atoms in total. The van der Waals surface area contributed by atoms with Crippen molar-refractivity contribution in [3.05, 3.63) is 54.1 Å². The molecule has 2 aliphatic rings. The number of hydrogen-bond donors (Lipinski definition) is 1. The standard InChI is InChI=1S/C22H27N3O2/c1-3-23-22(26)19-14-16-6-4-5-7-20(16)25-13-12-24(15-21(19)25)17-8-10-18(27-2)11-9-17/h4-11,19,21H,3,12-15H2,1-2H3,(H,23,26)/t19-,21-/m0/s1. The molecule has 2 aromatic carbocycles. The van der Waals surface area contributed by atoms with Crippen LogP contribution in [0.25, 0.3) is 0 Å². The van der Waals surface area contributed by atoms with Gasteiger partial charge in [-0.25, -0.2) is 0 Å². The summed E-state index contributed by atoms with van der Waals surface area (Å²) in [5.74, 6) is 1.00. The van der Waals surface area contributed by atoms with Gasteiger partial charge in [0, 0.05) is 37.6 Å². The predicted octanol–water partition coefficient (Wildman–Crippen LogP) is 2.70. The van der Waals surface area contributed by atoms with Crippen LogP contribution in [0.4, 0.5) is 11.4 Å². The number of hydrogen-bond acceptors (Lipinski definition) is 4. The molecular weight excluding hydrogens is 338 g/mol. The van der Waals surface area contributed by atoms with Gasteiger partial charge in [0.2, 0.25) is 5.91 Å². The van der Waals surface area contributed by atoms with Crippen LogP contribution < -0.4 is 19.9 Å². The second-order valence-electron chi connectivity index (χ2n) is 7.24. The van der Waals surface area contributed by atoms with E-state index >= 15 is 0 Å². The molecule has 1 saturated heterocycles. The molecule has 142 valence electrons. The number of fused-ring (bicyclic) bond motifs is 3. The molecular formula is C22H27N3O2. The summed E-state index contributed by atoms with van der Waals surface area (Å²) in [6, 6.07) is 16.9. The van der Waals surface area contributed by atoms with Gasteiger partial charge in [0.05, 0.1) is 19.1 Å². The van der Waals surface area contributed by atoms with Crippen LogP contribution in [-0.4, -0.2) is 45.2 Å². The lowest BCUT2D eigenvalue weighted by Gasteiger charge is -2.49. The summed E-state index contributed by atoms with van der Waals surface area (Å²) in [4.78, 5) is 17.6. The van der Waals surface area contributed by atoms with Gasteiger partial charge in [-0.1, -0.05) is 18.2 Å². The third-order valence-corrected chi connectivity index (χ3v) is 5.75. The third kappa shape index (κ3) is 3.34. The van der Waals surface area contributed by atoms with E-state index < -0.39 is 0 Å². The van der Waals surface area contributed by atoms with Gasteiger partial charge in [0.25, 0.3) is 0 Å². The quantitative estimate of drug-likeness (QED) is 0.905. The Hall–Kier alpha value is -2.69. The Balaban J connectivity index is 1.62. The fourth-order valence-corrected chi connectivity index (χ4v) is 4.39. The van der Waals surface area contributed by atoms with E-state index in [1.54, 1.807) is 7.11 Å². The van der Waals surface area contributed by atoms with Gasteiger partial charge in [0.1, 0.15) is 5.75 Å². The van der Waals surface area contributed by atoms with Crippen LogP contribution in [0.15, 0.2) is 48.5 Å². The summed E-state index contributed by atoms with van der Waals surface area (Å²) in [6.07, 6.45) is 0.805. The molecule has 1 amide bonds. The smallest absolute Gasteiger partial charge is 0.225 e. The van der Waals surface area contributed by atoms with Gasteiger partial charge >= 0.3 is 0 Å². The molecule has 0 saturated carbocycles. The number of rotatable bonds is 4. The summed E-state index contributed by atoms with van der Waals surface area (Å²) < 4.78 is 5.28. The number of anilines is 2. The number of carbonyl (C=O) groups excluding carboxylic acids is 1. The molecule has 2 aliphatic heterocycles. The lowest BCUT2D eigenvalue weighted by Crippen LogP contribution is -2.61. The van der Waals surface area contributed by atoms with E-state index in [1.165, 1.54) is 16.9 Å². The first-order valence-corrected chi connectivity index (χ1v) is 9.72. The number of amides is 1. The summed E-state index contributed by atoms with van der Waals surface area (Å²) >= 11 is 0. The average molecular weight is 365 g/mol. The minimum Gasteiger partial charge on any atom is -0.497 e. The van der Waals surface area contributed by atoms with Crippen molar-refractivity contribution in [2.24, 2.45) is 5.92 Å². The molecule has 0 unspecified atom stereocenters. The molecule has 0 aromatic heterocycles.